The highest BCUT2D eigenvalue weighted by molar-refractivity contribution is 5.37. The third-order valence-corrected chi connectivity index (χ3v) is 4.71. The second kappa shape index (κ2) is 6.11. The zero-order chi connectivity index (χ0) is 15.6. The molecule has 1 aliphatic heterocycles. The fourth-order valence-corrected chi connectivity index (χ4v) is 3.38. The molecule has 0 radical (unpaired) electrons. The minimum absolute atomic E-state index is 0.399. The maximum atomic E-state index is 6.07. The van der Waals surface area contributed by atoms with Crippen LogP contribution in [-0.4, -0.2) is 32.7 Å². The van der Waals surface area contributed by atoms with Crippen molar-refractivity contribution in [2.45, 2.75) is 18.6 Å². The van der Waals surface area contributed by atoms with Crippen LogP contribution in [0.25, 0.3) is 0 Å². The number of hydrogen-bond donors (Lipinski definition) is 0. The van der Waals surface area contributed by atoms with Crippen molar-refractivity contribution in [2.24, 2.45) is 0 Å². The van der Waals surface area contributed by atoms with Gasteiger partial charge in [0.15, 0.2) is 5.72 Å². The van der Waals surface area contributed by atoms with E-state index in [1.54, 1.807) is 7.11 Å². The first-order chi connectivity index (χ1) is 10.7. The molecular weight excluding hydrogens is 274 g/mol. The third kappa shape index (κ3) is 2.51. The van der Waals surface area contributed by atoms with E-state index in [1.165, 1.54) is 16.7 Å². The molecule has 3 nitrogen and oxygen atoms in total. The van der Waals surface area contributed by atoms with Crippen LogP contribution in [0.3, 0.4) is 0 Å². The van der Waals surface area contributed by atoms with Crippen molar-refractivity contribution >= 4 is 0 Å². The highest BCUT2D eigenvalue weighted by atomic mass is 16.5. The van der Waals surface area contributed by atoms with Gasteiger partial charge < -0.3 is 9.47 Å². The molecule has 0 spiro atoms. The summed E-state index contributed by atoms with van der Waals surface area (Å²) in [6.07, 6.45) is 1.89. The van der Waals surface area contributed by atoms with E-state index < -0.39 is 5.72 Å². The number of benzene rings is 2. The van der Waals surface area contributed by atoms with Crippen LogP contribution in [0, 0.1) is 0 Å². The van der Waals surface area contributed by atoms with Crippen LogP contribution >= 0.6 is 0 Å². The number of methoxy groups -OCH3 is 2. The van der Waals surface area contributed by atoms with Crippen molar-refractivity contribution in [3.63, 3.8) is 0 Å². The Kier molecular flexibility index (Phi) is 4.19. The molecule has 0 saturated heterocycles. The normalized spacial score (nSPS) is 21.4. The molecule has 0 aliphatic carbocycles. The van der Waals surface area contributed by atoms with Crippen LogP contribution in [0.1, 0.15) is 16.7 Å². The van der Waals surface area contributed by atoms with E-state index in [2.05, 4.69) is 48.3 Å². The van der Waals surface area contributed by atoms with Crippen molar-refractivity contribution in [3.05, 3.63) is 65.2 Å². The Morgan fingerprint density at radius 1 is 1.05 bits per heavy atom. The van der Waals surface area contributed by atoms with E-state index >= 15 is 0 Å². The molecule has 0 saturated carbocycles. The smallest absolute Gasteiger partial charge is 0.151 e. The van der Waals surface area contributed by atoms with Crippen molar-refractivity contribution < 1.29 is 9.47 Å². The molecule has 2 aromatic rings. The van der Waals surface area contributed by atoms with E-state index in [-0.39, 0.29) is 0 Å². The van der Waals surface area contributed by atoms with Crippen LogP contribution in [-0.2, 0) is 23.3 Å². The Balaban J connectivity index is 2.00. The van der Waals surface area contributed by atoms with Crippen LogP contribution < -0.4 is 4.74 Å². The monoisotopic (exact) mass is 297 g/mol. The molecule has 3 rings (SSSR count). The molecule has 116 valence electrons. The SMILES string of the molecule is COc1ccc(CC2(OC)c3ccccc3CCN2C)cc1. The molecule has 3 heteroatoms. The molecule has 2 aromatic carbocycles. The van der Waals surface area contributed by atoms with Gasteiger partial charge in [-0.25, -0.2) is 0 Å². The Hall–Kier alpha value is -1.84. The number of fused-ring (bicyclic) bond motifs is 1. The van der Waals surface area contributed by atoms with Crippen LogP contribution in [0.2, 0.25) is 0 Å². The standard InChI is InChI=1S/C19H23NO2/c1-20-13-12-16-6-4-5-7-18(16)19(20,22-3)14-15-8-10-17(21-2)11-9-15/h4-11H,12-14H2,1-3H3. The highest BCUT2D eigenvalue weighted by Gasteiger charge is 2.40. The zero-order valence-corrected chi connectivity index (χ0v) is 13.5. The van der Waals surface area contributed by atoms with Gasteiger partial charge in [-0.15, -0.1) is 0 Å². The van der Waals surface area contributed by atoms with E-state index in [1.807, 2.05) is 19.2 Å². The summed E-state index contributed by atoms with van der Waals surface area (Å²) >= 11 is 0. The Morgan fingerprint density at radius 2 is 1.77 bits per heavy atom. The van der Waals surface area contributed by atoms with E-state index in [0.29, 0.717) is 0 Å². The van der Waals surface area contributed by atoms with Crippen LogP contribution in [0.5, 0.6) is 5.75 Å². The first-order valence-corrected chi connectivity index (χ1v) is 7.67. The van der Waals surface area contributed by atoms with Gasteiger partial charge in [0.25, 0.3) is 0 Å². The lowest BCUT2D eigenvalue weighted by atomic mass is 9.85. The lowest BCUT2D eigenvalue weighted by molar-refractivity contribution is -0.138. The molecule has 0 amide bonds. The van der Waals surface area contributed by atoms with Gasteiger partial charge >= 0.3 is 0 Å². The average Bonchev–Trinajstić information content (AvgIpc) is 2.58. The molecule has 0 aromatic heterocycles. The summed E-state index contributed by atoms with van der Waals surface area (Å²) in [5.41, 5.74) is 3.51. The largest absolute Gasteiger partial charge is 0.497 e. The minimum Gasteiger partial charge on any atom is -0.497 e. The van der Waals surface area contributed by atoms with Crippen molar-refractivity contribution in [1.29, 1.82) is 0 Å². The van der Waals surface area contributed by atoms with Crippen LogP contribution in [0.15, 0.2) is 48.5 Å². The van der Waals surface area contributed by atoms with Gasteiger partial charge in [-0.1, -0.05) is 36.4 Å². The average molecular weight is 297 g/mol. The Bertz CT molecular complexity index is 638. The Labute approximate surface area is 132 Å². The van der Waals surface area contributed by atoms with Gasteiger partial charge in [0.05, 0.1) is 7.11 Å². The summed E-state index contributed by atoms with van der Waals surface area (Å²) in [7, 11) is 5.64. The molecule has 0 fully saturated rings. The lowest BCUT2D eigenvalue weighted by Gasteiger charge is -2.45. The summed E-state index contributed by atoms with van der Waals surface area (Å²) in [4.78, 5) is 2.32. The molecule has 1 unspecified atom stereocenters. The minimum atomic E-state index is -0.399. The van der Waals surface area contributed by atoms with Gasteiger partial charge in [-0.05, 0) is 36.7 Å². The number of likely N-dealkylation sites (N-methyl/N-ethyl adjacent to an activating group) is 1. The Morgan fingerprint density at radius 3 is 2.45 bits per heavy atom. The summed E-state index contributed by atoms with van der Waals surface area (Å²) in [6, 6.07) is 16.9. The first-order valence-electron chi connectivity index (χ1n) is 7.67. The van der Waals surface area contributed by atoms with Crippen LogP contribution in [0.4, 0.5) is 0 Å². The van der Waals surface area contributed by atoms with Crippen molar-refractivity contribution in [3.8, 4) is 5.75 Å². The van der Waals surface area contributed by atoms with Gasteiger partial charge in [-0.2, -0.15) is 0 Å². The van der Waals surface area contributed by atoms with Gasteiger partial charge in [0, 0.05) is 25.6 Å². The predicted molar refractivity (Wildman–Crippen MR) is 88.2 cm³/mol. The molecule has 22 heavy (non-hydrogen) atoms. The van der Waals surface area contributed by atoms with E-state index in [4.69, 9.17) is 9.47 Å². The second-order valence-corrected chi connectivity index (χ2v) is 5.84. The van der Waals surface area contributed by atoms with E-state index in [0.717, 1.165) is 25.1 Å². The molecule has 1 atom stereocenters. The molecule has 1 heterocycles. The fourth-order valence-electron chi connectivity index (χ4n) is 3.38. The summed E-state index contributed by atoms with van der Waals surface area (Å²) in [5.74, 6) is 0.882. The van der Waals surface area contributed by atoms with E-state index in [9.17, 15) is 0 Å². The number of nitrogens with zero attached hydrogens (tertiary/aromatic N) is 1. The topological polar surface area (TPSA) is 21.7 Å². The van der Waals surface area contributed by atoms with Gasteiger partial charge in [-0.3, -0.25) is 4.90 Å². The first kappa shape index (κ1) is 15.1. The third-order valence-electron chi connectivity index (χ3n) is 4.71. The summed E-state index contributed by atoms with van der Waals surface area (Å²) < 4.78 is 11.3. The fraction of sp³-hybridized carbons (Fsp3) is 0.368. The van der Waals surface area contributed by atoms with Gasteiger partial charge in [0.2, 0.25) is 0 Å². The second-order valence-electron chi connectivity index (χ2n) is 5.84. The number of ether oxygens (including phenoxy) is 2. The van der Waals surface area contributed by atoms with Gasteiger partial charge in [0.1, 0.15) is 5.75 Å². The summed E-state index contributed by atoms with van der Waals surface area (Å²) in [6.45, 7) is 1.00. The molecule has 0 bridgehead atoms. The van der Waals surface area contributed by atoms with Crippen molar-refractivity contribution in [1.82, 2.24) is 4.90 Å². The highest BCUT2D eigenvalue weighted by Crippen LogP contribution is 2.38. The molecular formula is C19H23NO2. The number of rotatable bonds is 4. The zero-order valence-electron chi connectivity index (χ0n) is 13.5. The lowest BCUT2D eigenvalue weighted by Crippen LogP contribution is -2.51. The van der Waals surface area contributed by atoms with Crippen molar-refractivity contribution in [2.75, 3.05) is 27.8 Å². The number of hydrogen-bond acceptors (Lipinski definition) is 3. The quantitative estimate of drug-likeness (QED) is 0.865. The molecule has 0 N–H and O–H groups in total. The summed E-state index contributed by atoms with van der Waals surface area (Å²) in [5, 5.41) is 0. The predicted octanol–water partition coefficient (Wildman–Crippen LogP) is 3.23. The maximum Gasteiger partial charge on any atom is 0.151 e. The molecule has 1 aliphatic rings. The maximum absolute atomic E-state index is 6.07.